The van der Waals surface area contributed by atoms with Crippen LogP contribution in [-0.4, -0.2) is 52.3 Å². The molecule has 2 atom stereocenters. The Kier molecular flexibility index (Phi) is 29.1. The van der Waals surface area contributed by atoms with Gasteiger partial charge in [-0.15, -0.1) is 0 Å². The van der Waals surface area contributed by atoms with Crippen LogP contribution in [0.1, 0.15) is 117 Å². The van der Waals surface area contributed by atoms with Crippen LogP contribution in [0.25, 0.3) is 0 Å². The first-order valence-electron chi connectivity index (χ1n) is 17.2. The standard InChI is InChI=1S/C37H61O9P/c1-4-5-6-7-17-22-27-34(38)28-23-18-12-10-8-9-11-13-20-25-30-37(40)46-35(32-45-47(41,42)43)31-44-36(39)29-24-19-15-14-16-21-26-33(2)3/h5-6,8-9,12-13,17-18,20,22-23,28,33-35,38H,4,7,10-11,14-16,19,21,24-27,29-32H2,1-3H3,(H2,41,42,43)/b6-5-,9-8-,18-12-,20-13-,22-17-,28-23+/t34?,35-/m1/s1. The van der Waals surface area contributed by atoms with Crippen molar-refractivity contribution in [2.45, 2.75) is 129 Å². The van der Waals surface area contributed by atoms with Crippen LogP contribution in [0.15, 0.2) is 72.9 Å². The summed E-state index contributed by atoms with van der Waals surface area (Å²) in [6, 6.07) is 0. The first-order valence-corrected chi connectivity index (χ1v) is 18.7. The maximum absolute atomic E-state index is 12.3. The lowest BCUT2D eigenvalue weighted by molar-refractivity contribution is -0.161. The highest BCUT2D eigenvalue weighted by Gasteiger charge is 2.22. The predicted octanol–water partition coefficient (Wildman–Crippen LogP) is 8.78. The fourth-order valence-electron chi connectivity index (χ4n) is 4.19. The van der Waals surface area contributed by atoms with Crippen molar-refractivity contribution in [2.75, 3.05) is 13.2 Å². The van der Waals surface area contributed by atoms with Gasteiger partial charge in [0.15, 0.2) is 6.10 Å². The van der Waals surface area contributed by atoms with Crippen LogP contribution < -0.4 is 0 Å². The fourth-order valence-corrected chi connectivity index (χ4v) is 4.56. The molecule has 10 heteroatoms. The van der Waals surface area contributed by atoms with Gasteiger partial charge in [-0.05, 0) is 50.9 Å². The molecule has 0 radical (unpaired) electrons. The Morgan fingerprint density at radius 3 is 2.02 bits per heavy atom. The summed E-state index contributed by atoms with van der Waals surface area (Å²) in [5.74, 6) is -0.304. The van der Waals surface area contributed by atoms with Gasteiger partial charge in [-0.1, -0.05) is 132 Å². The summed E-state index contributed by atoms with van der Waals surface area (Å²) in [5, 5.41) is 9.94. The molecule has 0 aliphatic carbocycles. The van der Waals surface area contributed by atoms with Crippen molar-refractivity contribution >= 4 is 19.8 Å². The molecule has 47 heavy (non-hydrogen) atoms. The zero-order valence-corrected chi connectivity index (χ0v) is 29.8. The number of ether oxygens (including phenoxy) is 2. The van der Waals surface area contributed by atoms with Crippen molar-refractivity contribution in [2.24, 2.45) is 5.92 Å². The maximum atomic E-state index is 12.3. The molecular weight excluding hydrogens is 619 g/mol. The van der Waals surface area contributed by atoms with Crippen molar-refractivity contribution in [1.29, 1.82) is 0 Å². The molecule has 1 unspecified atom stereocenters. The molecular formula is C37H61O9P. The number of allylic oxidation sites excluding steroid dienone is 10. The van der Waals surface area contributed by atoms with Gasteiger partial charge < -0.3 is 24.4 Å². The summed E-state index contributed by atoms with van der Waals surface area (Å²) in [6.45, 7) is 5.62. The van der Waals surface area contributed by atoms with E-state index in [4.69, 9.17) is 19.3 Å². The Balaban J connectivity index is 4.25. The van der Waals surface area contributed by atoms with Gasteiger partial charge in [-0.25, -0.2) is 4.57 Å². The van der Waals surface area contributed by atoms with E-state index < -0.39 is 38.6 Å². The Labute approximate surface area is 283 Å². The second-order valence-electron chi connectivity index (χ2n) is 11.8. The van der Waals surface area contributed by atoms with E-state index in [2.05, 4.69) is 43.5 Å². The number of unbranched alkanes of at least 4 members (excludes halogenated alkanes) is 5. The van der Waals surface area contributed by atoms with E-state index >= 15 is 0 Å². The van der Waals surface area contributed by atoms with Crippen LogP contribution in [0.2, 0.25) is 0 Å². The smallest absolute Gasteiger partial charge is 0.462 e. The summed E-state index contributed by atoms with van der Waals surface area (Å²) in [7, 11) is -4.78. The normalized spacial score (nSPS) is 14.2. The van der Waals surface area contributed by atoms with Crippen LogP contribution in [0.3, 0.4) is 0 Å². The van der Waals surface area contributed by atoms with E-state index in [1.807, 2.05) is 48.6 Å². The third-order valence-electron chi connectivity index (χ3n) is 6.76. The van der Waals surface area contributed by atoms with E-state index in [9.17, 15) is 19.3 Å². The minimum atomic E-state index is -4.78. The van der Waals surface area contributed by atoms with Crippen molar-refractivity contribution in [1.82, 2.24) is 0 Å². The maximum Gasteiger partial charge on any atom is 0.469 e. The molecule has 0 aromatic carbocycles. The van der Waals surface area contributed by atoms with Gasteiger partial charge in [-0.3, -0.25) is 14.1 Å². The summed E-state index contributed by atoms with van der Waals surface area (Å²) in [4.78, 5) is 42.5. The molecule has 0 aliphatic rings. The number of carbonyl (C=O) groups is 2. The molecule has 0 aromatic rings. The minimum absolute atomic E-state index is 0.0599. The van der Waals surface area contributed by atoms with Crippen molar-refractivity contribution < 1.29 is 43.0 Å². The average molecular weight is 681 g/mol. The molecule has 0 fully saturated rings. The van der Waals surface area contributed by atoms with E-state index in [0.29, 0.717) is 25.7 Å². The van der Waals surface area contributed by atoms with Crippen LogP contribution in [-0.2, 0) is 28.2 Å². The molecule has 0 saturated carbocycles. The largest absolute Gasteiger partial charge is 0.469 e. The average Bonchev–Trinajstić information content (AvgIpc) is 3.01. The Morgan fingerprint density at radius 1 is 0.723 bits per heavy atom. The van der Waals surface area contributed by atoms with Gasteiger partial charge in [0.1, 0.15) is 6.61 Å². The van der Waals surface area contributed by atoms with Gasteiger partial charge >= 0.3 is 19.8 Å². The molecule has 0 saturated heterocycles. The number of hydrogen-bond acceptors (Lipinski definition) is 7. The second-order valence-corrected chi connectivity index (χ2v) is 13.0. The van der Waals surface area contributed by atoms with Crippen LogP contribution in [0.4, 0.5) is 0 Å². The highest BCUT2D eigenvalue weighted by molar-refractivity contribution is 7.46. The second kappa shape index (κ2) is 30.8. The lowest BCUT2D eigenvalue weighted by Crippen LogP contribution is -2.29. The number of aliphatic hydroxyl groups is 1. The molecule has 0 spiro atoms. The van der Waals surface area contributed by atoms with Crippen LogP contribution >= 0.6 is 7.82 Å². The molecule has 9 nitrogen and oxygen atoms in total. The van der Waals surface area contributed by atoms with Crippen molar-refractivity contribution in [3.63, 3.8) is 0 Å². The molecule has 3 N–H and O–H groups in total. The fraction of sp³-hybridized carbons (Fsp3) is 0.622. The van der Waals surface area contributed by atoms with Crippen molar-refractivity contribution in [3.8, 4) is 0 Å². The number of hydrogen-bond donors (Lipinski definition) is 3. The first-order chi connectivity index (χ1) is 22.5. The molecule has 268 valence electrons. The number of rotatable bonds is 29. The Morgan fingerprint density at radius 2 is 1.34 bits per heavy atom. The van der Waals surface area contributed by atoms with Crippen LogP contribution in [0, 0.1) is 5.92 Å². The Bertz CT molecular complexity index is 1020. The lowest BCUT2D eigenvalue weighted by Gasteiger charge is -2.18. The van der Waals surface area contributed by atoms with E-state index in [1.54, 1.807) is 6.08 Å². The van der Waals surface area contributed by atoms with Gasteiger partial charge in [-0.2, -0.15) is 0 Å². The SMILES string of the molecule is CC/C=C\C/C=C\CC(O)/C=C/C=C\C/C=C\C/C=C\CCC(=O)O[C@H](COC(=O)CCCCCCCCC(C)C)COP(=O)(O)O. The summed E-state index contributed by atoms with van der Waals surface area (Å²) in [6.07, 6.45) is 34.1. The lowest BCUT2D eigenvalue weighted by atomic mass is 10.0. The number of carbonyl (C=O) groups excluding carboxylic acids is 2. The highest BCUT2D eigenvalue weighted by atomic mass is 31.2. The van der Waals surface area contributed by atoms with Gasteiger partial charge in [0, 0.05) is 12.8 Å². The highest BCUT2D eigenvalue weighted by Crippen LogP contribution is 2.35. The molecule has 0 bridgehead atoms. The zero-order chi connectivity index (χ0) is 35.0. The third kappa shape index (κ3) is 34.6. The Hall–Kier alpha value is -2.55. The van der Waals surface area contributed by atoms with E-state index in [0.717, 1.165) is 44.4 Å². The van der Waals surface area contributed by atoms with Crippen molar-refractivity contribution in [3.05, 3.63) is 72.9 Å². The number of phosphoric ester groups is 1. The third-order valence-corrected chi connectivity index (χ3v) is 7.25. The summed E-state index contributed by atoms with van der Waals surface area (Å²) < 4.78 is 26.1. The molecule has 0 aliphatic heterocycles. The number of aliphatic hydroxyl groups excluding tert-OH is 1. The topological polar surface area (TPSA) is 140 Å². The zero-order valence-electron chi connectivity index (χ0n) is 28.9. The van der Waals surface area contributed by atoms with Gasteiger partial charge in [0.25, 0.3) is 0 Å². The molecule has 0 rings (SSSR count). The predicted molar refractivity (Wildman–Crippen MR) is 189 cm³/mol. The van der Waals surface area contributed by atoms with E-state index in [1.165, 1.54) is 19.3 Å². The monoisotopic (exact) mass is 680 g/mol. The number of phosphoric acid groups is 1. The van der Waals surface area contributed by atoms with Gasteiger partial charge in [0.05, 0.1) is 12.7 Å². The van der Waals surface area contributed by atoms with E-state index in [-0.39, 0.29) is 19.4 Å². The van der Waals surface area contributed by atoms with Crippen LogP contribution in [0.5, 0.6) is 0 Å². The summed E-state index contributed by atoms with van der Waals surface area (Å²) >= 11 is 0. The van der Waals surface area contributed by atoms with Gasteiger partial charge in [0.2, 0.25) is 0 Å². The summed E-state index contributed by atoms with van der Waals surface area (Å²) in [5.41, 5.74) is 0. The number of esters is 2. The minimum Gasteiger partial charge on any atom is -0.462 e. The molecule has 0 aromatic heterocycles. The quantitative estimate of drug-likeness (QED) is 0.0233. The first kappa shape index (κ1) is 44.5. The molecule has 0 heterocycles. The molecule has 0 amide bonds.